The van der Waals surface area contributed by atoms with E-state index in [1.807, 2.05) is 39.0 Å². The highest BCUT2D eigenvalue weighted by Crippen LogP contribution is 2.20. The van der Waals surface area contributed by atoms with Gasteiger partial charge in [-0.15, -0.1) is 0 Å². The van der Waals surface area contributed by atoms with Crippen molar-refractivity contribution < 1.29 is 14.3 Å². The lowest BCUT2D eigenvalue weighted by Crippen LogP contribution is -2.09. The van der Waals surface area contributed by atoms with Crippen LogP contribution >= 0.6 is 0 Å². The summed E-state index contributed by atoms with van der Waals surface area (Å²) in [6.07, 6.45) is 17.3. The molecule has 1 rings (SSSR count). The maximum Gasteiger partial charge on any atom is 0.306 e. The average molecular weight is 330 g/mol. The summed E-state index contributed by atoms with van der Waals surface area (Å²) in [4.78, 5) is 12.0. The quantitative estimate of drug-likeness (QED) is 0.414. The molecule has 0 aromatic carbocycles. The monoisotopic (exact) mass is 330 g/mol. The normalized spacial score (nSPS) is 15.2. The highest BCUT2D eigenvalue weighted by Gasteiger charge is 2.11. The van der Waals surface area contributed by atoms with Crippen LogP contribution in [-0.2, 0) is 14.3 Å². The van der Waals surface area contributed by atoms with Crippen molar-refractivity contribution in [3.05, 3.63) is 59.3 Å². The molecule has 0 saturated carbocycles. The van der Waals surface area contributed by atoms with Gasteiger partial charge in [-0.3, -0.25) is 4.79 Å². The zero-order valence-corrected chi connectivity index (χ0v) is 15.2. The van der Waals surface area contributed by atoms with Crippen LogP contribution in [0.25, 0.3) is 0 Å². The van der Waals surface area contributed by atoms with Gasteiger partial charge >= 0.3 is 5.97 Å². The summed E-state index contributed by atoms with van der Waals surface area (Å²) < 4.78 is 10.9. The van der Waals surface area contributed by atoms with Crippen LogP contribution in [0.5, 0.6) is 0 Å². The summed E-state index contributed by atoms with van der Waals surface area (Å²) in [5, 5.41) is 0. The van der Waals surface area contributed by atoms with Crippen molar-refractivity contribution >= 4 is 5.97 Å². The maximum atomic E-state index is 12.0. The molecule has 0 radical (unpaired) electrons. The summed E-state index contributed by atoms with van der Waals surface area (Å²) in [6.45, 7) is 7.62. The summed E-state index contributed by atoms with van der Waals surface area (Å²) in [5.74, 6) is -0.153. The predicted molar refractivity (Wildman–Crippen MR) is 99.8 cm³/mol. The van der Waals surface area contributed by atoms with E-state index in [-0.39, 0.29) is 5.97 Å². The smallest absolute Gasteiger partial charge is 0.306 e. The fraction of sp³-hybridized carbons (Fsp3) is 0.476. The van der Waals surface area contributed by atoms with E-state index < -0.39 is 0 Å². The van der Waals surface area contributed by atoms with E-state index in [0.717, 1.165) is 24.0 Å². The molecule has 0 amide bonds. The molecule has 0 spiro atoms. The van der Waals surface area contributed by atoms with Crippen molar-refractivity contribution in [1.82, 2.24) is 0 Å². The molecule has 0 heterocycles. The first-order valence-electron chi connectivity index (χ1n) is 8.74. The molecular formula is C21H30O3. The highest BCUT2D eigenvalue weighted by atomic mass is 16.5. The lowest BCUT2D eigenvalue weighted by Gasteiger charge is -2.12. The second kappa shape index (κ2) is 12.5. The van der Waals surface area contributed by atoms with E-state index >= 15 is 0 Å². The third kappa shape index (κ3) is 8.11. The van der Waals surface area contributed by atoms with Gasteiger partial charge in [0, 0.05) is 13.0 Å². The van der Waals surface area contributed by atoms with Gasteiger partial charge in [-0.25, -0.2) is 0 Å². The number of rotatable bonds is 10. The van der Waals surface area contributed by atoms with Crippen LogP contribution in [0.2, 0.25) is 0 Å². The Balaban J connectivity index is 2.46. The SMILES string of the molecule is C/C=C\C/C(=C\C)COC(=O)CCC1=CC=CCC=C1COCC. The number of allylic oxidation sites excluding steroid dienone is 7. The van der Waals surface area contributed by atoms with Crippen molar-refractivity contribution in [2.75, 3.05) is 19.8 Å². The number of carbonyl (C=O) groups excluding carboxylic acids is 1. The van der Waals surface area contributed by atoms with Crippen LogP contribution in [0.15, 0.2) is 59.3 Å². The molecule has 0 aromatic rings. The highest BCUT2D eigenvalue weighted by molar-refractivity contribution is 5.70. The third-order valence-electron chi connectivity index (χ3n) is 3.85. The molecule has 0 atom stereocenters. The zero-order valence-electron chi connectivity index (χ0n) is 15.2. The minimum Gasteiger partial charge on any atom is -0.461 e. The molecule has 0 fully saturated rings. The van der Waals surface area contributed by atoms with Crippen LogP contribution < -0.4 is 0 Å². The summed E-state index contributed by atoms with van der Waals surface area (Å²) in [7, 11) is 0. The Kier molecular flexibility index (Phi) is 10.5. The number of hydrogen-bond donors (Lipinski definition) is 0. The summed E-state index contributed by atoms with van der Waals surface area (Å²) in [5.41, 5.74) is 3.46. The first kappa shape index (κ1) is 20.2. The molecule has 3 nitrogen and oxygen atoms in total. The van der Waals surface area contributed by atoms with Gasteiger partial charge in [0.05, 0.1) is 6.61 Å². The standard InChI is InChI=1S/C21H30O3/c1-4-7-11-18(5-2)16-24-21(22)15-14-19-12-9-8-10-13-20(19)17-23-6-3/h4-5,7-9,12-13H,6,10-11,14-17H2,1-3H3/b7-4-,18-5+. The fourth-order valence-electron chi connectivity index (χ4n) is 2.33. The maximum absolute atomic E-state index is 12.0. The number of esters is 1. The second-order valence-corrected chi connectivity index (χ2v) is 5.60. The van der Waals surface area contributed by atoms with Crippen LogP contribution in [-0.4, -0.2) is 25.8 Å². The van der Waals surface area contributed by atoms with Gasteiger partial charge in [-0.1, -0.05) is 42.5 Å². The lowest BCUT2D eigenvalue weighted by atomic mass is 10.0. The Morgan fingerprint density at radius 3 is 2.83 bits per heavy atom. The molecule has 1 aliphatic rings. The van der Waals surface area contributed by atoms with Crippen molar-refractivity contribution in [2.24, 2.45) is 0 Å². The molecule has 0 saturated heterocycles. The lowest BCUT2D eigenvalue weighted by molar-refractivity contribution is -0.142. The minimum atomic E-state index is -0.153. The van der Waals surface area contributed by atoms with Crippen LogP contribution in [0.4, 0.5) is 0 Å². The molecule has 3 heteroatoms. The molecule has 0 aliphatic heterocycles. The van der Waals surface area contributed by atoms with E-state index in [0.29, 0.717) is 32.7 Å². The van der Waals surface area contributed by atoms with Crippen molar-refractivity contribution in [3.8, 4) is 0 Å². The molecular weight excluding hydrogens is 300 g/mol. The van der Waals surface area contributed by atoms with Gasteiger partial charge in [0.25, 0.3) is 0 Å². The van der Waals surface area contributed by atoms with E-state index in [1.165, 1.54) is 5.57 Å². The van der Waals surface area contributed by atoms with Gasteiger partial charge in [0.1, 0.15) is 6.61 Å². The second-order valence-electron chi connectivity index (χ2n) is 5.60. The average Bonchev–Trinajstić information content (AvgIpc) is 2.83. The summed E-state index contributed by atoms with van der Waals surface area (Å²) in [6, 6.07) is 0. The van der Waals surface area contributed by atoms with Gasteiger partial charge in [0.2, 0.25) is 0 Å². The van der Waals surface area contributed by atoms with Crippen molar-refractivity contribution in [1.29, 1.82) is 0 Å². The van der Waals surface area contributed by atoms with E-state index in [4.69, 9.17) is 9.47 Å². The zero-order chi connectivity index (χ0) is 17.6. The van der Waals surface area contributed by atoms with Gasteiger partial charge in [-0.05, 0) is 56.8 Å². The summed E-state index contributed by atoms with van der Waals surface area (Å²) >= 11 is 0. The van der Waals surface area contributed by atoms with Crippen LogP contribution in [0, 0.1) is 0 Å². The predicted octanol–water partition coefficient (Wildman–Crippen LogP) is 5.07. The molecule has 0 N–H and O–H groups in total. The van der Waals surface area contributed by atoms with E-state index in [1.54, 1.807) is 0 Å². The first-order valence-corrected chi connectivity index (χ1v) is 8.74. The molecule has 0 unspecified atom stereocenters. The molecule has 24 heavy (non-hydrogen) atoms. The Bertz CT molecular complexity index is 533. The number of ether oxygens (including phenoxy) is 2. The van der Waals surface area contributed by atoms with Gasteiger partial charge < -0.3 is 9.47 Å². The number of carbonyl (C=O) groups is 1. The van der Waals surface area contributed by atoms with Crippen LogP contribution in [0.3, 0.4) is 0 Å². The van der Waals surface area contributed by atoms with E-state index in [2.05, 4.69) is 24.3 Å². The first-order chi connectivity index (χ1) is 11.7. The van der Waals surface area contributed by atoms with Gasteiger partial charge in [-0.2, -0.15) is 0 Å². The fourth-order valence-corrected chi connectivity index (χ4v) is 2.33. The minimum absolute atomic E-state index is 0.153. The van der Waals surface area contributed by atoms with Crippen molar-refractivity contribution in [2.45, 2.75) is 46.5 Å². The molecule has 0 aromatic heterocycles. The molecule has 0 bridgehead atoms. The van der Waals surface area contributed by atoms with Crippen molar-refractivity contribution in [3.63, 3.8) is 0 Å². The molecule has 132 valence electrons. The van der Waals surface area contributed by atoms with Gasteiger partial charge in [0.15, 0.2) is 0 Å². The Morgan fingerprint density at radius 1 is 1.29 bits per heavy atom. The van der Waals surface area contributed by atoms with Crippen LogP contribution in [0.1, 0.15) is 46.5 Å². The Hall–Kier alpha value is -1.87. The topological polar surface area (TPSA) is 35.5 Å². The Morgan fingerprint density at radius 2 is 2.12 bits per heavy atom. The largest absolute Gasteiger partial charge is 0.461 e. The molecule has 1 aliphatic carbocycles. The van der Waals surface area contributed by atoms with E-state index in [9.17, 15) is 4.79 Å². The third-order valence-corrected chi connectivity index (χ3v) is 3.85. The number of hydrogen-bond acceptors (Lipinski definition) is 3. The Labute approximate surface area is 146 Å².